The van der Waals surface area contributed by atoms with Gasteiger partial charge in [-0.3, -0.25) is 9.59 Å². The van der Waals surface area contributed by atoms with Crippen LogP contribution in [-0.2, 0) is 19.1 Å². The molecule has 158 valence electrons. The fourth-order valence-electron chi connectivity index (χ4n) is 6.21. The molecule has 0 bridgehead atoms. The first-order chi connectivity index (χ1) is 13.9. The molecule has 1 aliphatic heterocycles. The minimum absolute atomic E-state index is 0.112. The van der Waals surface area contributed by atoms with E-state index in [2.05, 4.69) is 0 Å². The first-order valence-corrected chi connectivity index (χ1v) is 10.2. The summed E-state index contributed by atoms with van der Waals surface area (Å²) in [5.74, 6) is -1.12. The van der Waals surface area contributed by atoms with E-state index in [1.54, 1.807) is 18.6 Å². The van der Waals surface area contributed by atoms with E-state index in [1.165, 1.54) is 6.92 Å². The van der Waals surface area contributed by atoms with E-state index in [0.717, 1.165) is 5.56 Å². The molecule has 29 heavy (non-hydrogen) atoms. The normalized spacial score (nSPS) is 39.0. The second-order valence-corrected chi connectivity index (χ2v) is 8.65. The molecule has 2 N–H and O–H groups in total. The predicted molar refractivity (Wildman–Crippen MR) is 101 cm³/mol. The number of furan rings is 1. The van der Waals surface area contributed by atoms with E-state index in [0.29, 0.717) is 31.3 Å². The van der Waals surface area contributed by atoms with Crippen molar-refractivity contribution in [2.45, 2.75) is 51.7 Å². The van der Waals surface area contributed by atoms with E-state index < -0.39 is 29.0 Å². The first kappa shape index (κ1) is 20.2. The molecular weight excluding hydrogens is 376 g/mol. The molecule has 7 nitrogen and oxygen atoms in total. The summed E-state index contributed by atoms with van der Waals surface area (Å²) >= 11 is 0. The molecule has 2 heterocycles. The van der Waals surface area contributed by atoms with Gasteiger partial charge in [-0.15, -0.1) is 0 Å². The predicted octanol–water partition coefficient (Wildman–Crippen LogP) is 2.53. The van der Waals surface area contributed by atoms with Crippen molar-refractivity contribution in [3.05, 3.63) is 35.8 Å². The van der Waals surface area contributed by atoms with E-state index in [-0.39, 0.29) is 31.0 Å². The number of aliphatic hydroxyl groups excluding tert-OH is 2. The molecule has 2 fully saturated rings. The lowest BCUT2D eigenvalue weighted by atomic mass is 9.45. The molecule has 0 aromatic carbocycles. The maximum atomic E-state index is 13.4. The van der Waals surface area contributed by atoms with Crippen LogP contribution in [0.4, 0.5) is 0 Å². The van der Waals surface area contributed by atoms with Crippen molar-refractivity contribution >= 4 is 11.9 Å². The summed E-state index contributed by atoms with van der Waals surface area (Å²) in [4.78, 5) is 25.2. The molecular formula is C22H28O7. The third kappa shape index (κ3) is 2.78. The SMILES string of the molecule is CC(=O)OC1CC(C)C2(CC(c3ccoc3)OC2=O)C2CCC=C(CO)C12CO. The summed E-state index contributed by atoms with van der Waals surface area (Å²) < 4.78 is 16.7. The molecule has 1 aromatic heterocycles. The highest BCUT2D eigenvalue weighted by atomic mass is 16.6. The number of hydrogen-bond acceptors (Lipinski definition) is 7. The van der Waals surface area contributed by atoms with E-state index >= 15 is 0 Å². The smallest absolute Gasteiger partial charge is 0.313 e. The van der Waals surface area contributed by atoms with Crippen LogP contribution in [0.3, 0.4) is 0 Å². The van der Waals surface area contributed by atoms with Crippen LogP contribution in [0.15, 0.2) is 34.7 Å². The lowest BCUT2D eigenvalue weighted by Gasteiger charge is -2.59. The highest BCUT2D eigenvalue weighted by Gasteiger charge is 2.69. The molecule has 6 atom stereocenters. The van der Waals surface area contributed by atoms with Gasteiger partial charge in [-0.25, -0.2) is 0 Å². The number of cyclic esters (lactones) is 1. The third-order valence-corrected chi connectivity index (χ3v) is 7.52. The number of allylic oxidation sites excluding steroid dienone is 1. The minimum atomic E-state index is -0.991. The molecule has 0 amide bonds. The van der Waals surface area contributed by atoms with Crippen LogP contribution >= 0.6 is 0 Å². The highest BCUT2D eigenvalue weighted by molar-refractivity contribution is 5.81. The maximum absolute atomic E-state index is 13.4. The van der Waals surface area contributed by atoms with Crippen LogP contribution in [0.1, 0.15) is 51.2 Å². The van der Waals surface area contributed by atoms with Gasteiger partial charge in [0.25, 0.3) is 0 Å². The second kappa shape index (κ2) is 7.29. The summed E-state index contributed by atoms with van der Waals surface area (Å²) in [5.41, 5.74) is -0.355. The molecule has 1 aromatic rings. The number of ether oxygens (including phenoxy) is 2. The molecule has 1 spiro atoms. The summed E-state index contributed by atoms with van der Waals surface area (Å²) in [6, 6.07) is 1.80. The highest BCUT2D eigenvalue weighted by Crippen LogP contribution is 2.66. The quantitative estimate of drug-likeness (QED) is 0.587. The largest absolute Gasteiger partial charge is 0.472 e. The van der Waals surface area contributed by atoms with Crippen LogP contribution in [0, 0.1) is 22.7 Å². The topological polar surface area (TPSA) is 106 Å². The van der Waals surface area contributed by atoms with Gasteiger partial charge in [0.2, 0.25) is 0 Å². The number of rotatable bonds is 4. The fourth-order valence-corrected chi connectivity index (χ4v) is 6.21. The Hall–Kier alpha value is -2.12. The van der Waals surface area contributed by atoms with Gasteiger partial charge in [0, 0.05) is 18.9 Å². The van der Waals surface area contributed by atoms with Gasteiger partial charge in [0.15, 0.2) is 0 Å². The van der Waals surface area contributed by atoms with Crippen molar-refractivity contribution in [1.82, 2.24) is 0 Å². The van der Waals surface area contributed by atoms with Crippen LogP contribution < -0.4 is 0 Å². The van der Waals surface area contributed by atoms with Crippen molar-refractivity contribution in [1.29, 1.82) is 0 Å². The van der Waals surface area contributed by atoms with Crippen LogP contribution in [0.25, 0.3) is 0 Å². The number of fused-ring (bicyclic) bond motifs is 2. The lowest BCUT2D eigenvalue weighted by molar-refractivity contribution is -0.192. The van der Waals surface area contributed by atoms with Gasteiger partial charge in [-0.2, -0.15) is 0 Å². The van der Waals surface area contributed by atoms with E-state index in [1.807, 2.05) is 13.0 Å². The Bertz CT molecular complexity index is 813. The number of carbonyl (C=O) groups is 2. The Morgan fingerprint density at radius 1 is 1.38 bits per heavy atom. The van der Waals surface area contributed by atoms with Gasteiger partial charge < -0.3 is 24.1 Å². The van der Waals surface area contributed by atoms with Gasteiger partial charge >= 0.3 is 11.9 Å². The zero-order chi connectivity index (χ0) is 20.8. The average molecular weight is 404 g/mol. The van der Waals surface area contributed by atoms with Crippen molar-refractivity contribution in [2.75, 3.05) is 13.2 Å². The Balaban J connectivity index is 1.82. The van der Waals surface area contributed by atoms with Gasteiger partial charge in [-0.05, 0) is 42.7 Å². The second-order valence-electron chi connectivity index (χ2n) is 8.65. The molecule has 0 radical (unpaired) electrons. The van der Waals surface area contributed by atoms with Crippen LogP contribution in [0.2, 0.25) is 0 Å². The monoisotopic (exact) mass is 404 g/mol. The Labute approximate surface area is 169 Å². The van der Waals surface area contributed by atoms with Gasteiger partial charge in [0.1, 0.15) is 12.2 Å². The standard InChI is InChI=1S/C22H28O7/c1-13-8-19(28-14(2)25)22(12-24)16(10-23)4-3-5-18(22)21(13)9-17(29-20(21)26)15-6-7-27-11-15/h4,6-7,11,13,17-19,23-24H,3,5,8-10,12H2,1-2H3. The molecule has 1 saturated heterocycles. The van der Waals surface area contributed by atoms with Gasteiger partial charge in [-0.1, -0.05) is 13.0 Å². The van der Waals surface area contributed by atoms with Gasteiger partial charge in [0.05, 0.1) is 36.6 Å². The van der Waals surface area contributed by atoms with E-state index in [9.17, 15) is 19.8 Å². The number of aliphatic hydroxyl groups is 2. The Kier molecular flexibility index (Phi) is 5.07. The Morgan fingerprint density at radius 2 is 2.17 bits per heavy atom. The van der Waals surface area contributed by atoms with Crippen molar-refractivity contribution in [3.8, 4) is 0 Å². The zero-order valence-electron chi connectivity index (χ0n) is 16.8. The molecule has 3 aliphatic rings. The first-order valence-electron chi connectivity index (χ1n) is 10.2. The molecule has 7 heteroatoms. The minimum Gasteiger partial charge on any atom is -0.472 e. The summed E-state index contributed by atoms with van der Waals surface area (Å²) in [7, 11) is 0. The molecule has 4 rings (SSSR count). The summed E-state index contributed by atoms with van der Waals surface area (Å²) in [6.45, 7) is 2.78. The molecule has 1 saturated carbocycles. The van der Waals surface area contributed by atoms with Crippen molar-refractivity contribution in [3.63, 3.8) is 0 Å². The van der Waals surface area contributed by atoms with Crippen LogP contribution in [-0.4, -0.2) is 41.5 Å². The third-order valence-electron chi connectivity index (χ3n) is 7.52. The molecule has 2 aliphatic carbocycles. The van der Waals surface area contributed by atoms with Crippen molar-refractivity contribution in [2.24, 2.45) is 22.7 Å². The van der Waals surface area contributed by atoms with E-state index in [4.69, 9.17) is 13.9 Å². The number of esters is 2. The number of hydrogen-bond donors (Lipinski definition) is 2. The average Bonchev–Trinajstić information content (AvgIpc) is 3.34. The zero-order valence-corrected chi connectivity index (χ0v) is 16.8. The lowest BCUT2D eigenvalue weighted by Crippen LogP contribution is -2.63. The summed E-state index contributed by atoms with van der Waals surface area (Å²) in [6.07, 6.45) is 6.29. The molecule has 6 unspecified atom stereocenters. The Morgan fingerprint density at radius 3 is 2.79 bits per heavy atom. The van der Waals surface area contributed by atoms with Crippen LogP contribution in [0.5, 0.6) is 0 Å². The summed E-state index contributed by atoms with van der Waals surface area (Å²) in [5, 5.41) is 20.7. The van der Waals surface area contributed by atoms with Crippen molar-refractivity contribution < 1.29 is 33.7 Å². The maximum Gasteiger partial charge on any atom is 0.313 e. The number of carbonyl (C=O) groups excluding carboxylic acids is 2. The fraction of sp³-hybridized carbons (Fsp3) is 0.636.